The van der Waals surface area contributed by atoms with E-state index in [4.69, 9.17) is 4.74 Å². The van der Waals surface area contributed by atoms with Crippen LogP contribution in [0.4, 0.5) is 5.69 Å². The van der Waals surface area contributed by atoms with Gasteiger partial charge in [-0.05, 0) is 51.2 Å². The number of likely N-dealkylation sites (N-methyl/N-ethyl adjacent to an activating group) is 1. The molecule has 0 spiro atoms. The van der Waals surface area contributed by atoms with Gasteiger partial charge in [-0.3, -0.25) is 9.69 Å². The summed E-state index contributed by atoms with van der Waals surface area (Å²) < 4.78 is 5.01. The number of anilines is 1. The first-order valence-corrected chi connectivity index (χ1v) is 8.86. The first kappa shape index (κ1) is 26.2. The number of aldehydes is 1. The molecule has 0 saturated heterocycles. The van der Waals surface area contributed by atoms with E-state index < -0.39 is 0 Å². The Kier molecular flexibility index (Phi) is 16.6. The Hall–Kier alpha value is -1.99. The molecule has 3 N–H and O–H groups in total. The maximum atomic E-state index is 11.0. The Morgan fingerprint density at radius 2 is 1.81 bits per heavy atom. The summed E-state index contributed by atoms with van der Waals surface area (Å²) in [5.74, 6) is 1.49. The van der Waals surface area contributed by atoms with E-state index in [0.29, 0.717) is 18.9 Å². The molecule has 1 rings (SSSR count). The average molecular weight is 384 g/mol. The number of Topliss-reactive ketones (excluding diaryl/α,β-unsaturated/α-hetero) is 1. The second-order valence-electron chi connectivity index (χ2n) is 6.01. The molecule has 0 amide bonds. The molecule has 0 aliphatic carbocycles. The zero-order valence-electron chi connectivity index (χ0n) is 16.7. The van der Waals surface area contributed by atoms with Crippen LogP contribution in [0, 0.1) is 5.92 Å². The molecule has 148 valence electrons. The number of benzene rings is 1. The van der Waals surface area contributed by atoms with Crippen LogP contribution in [0.15, 0.2) is 24.3 Å². The fourth-order valence-corrected chi connectivity index (χ4v) is 2.41. The van der Waals surface area contributed by atoms with Crippen molar-refractivity contribution >= 4 is 35.5 Å². The Morgan fingerprint density at radius 1 is 1.31 bits per heavy atom. The predicted molar refractivity (Wildman–Crippen MR) is 113 cm³/mol. The van der Waals surface area contributed by atoms with Crippen LogP contribution >= 0.6 is 12.2 Å². The van der Waals surface area contributed by atoms with Crippen molar-refractivity contribution in [3.63, 3.8) is 0 Å². The molecule has 1 aromatic carbocycles. The fourth-order valence-electron chi connectivity index (χ4n) is 2.41. The topological polar surface area (TPSA) is 84.7 Å². The third-order valence-electron chi connectivity index (χ3n) is 3.29. The number of nitrogens with one attached hydrogen (secondary N) is 1. The summed E-state index contributed by atoms with van der Waals surface area (Å²) >= 11 is 4.05. The molecule has 26 heavy (non-hydrogen) atoms. The van der Waals surface area contributed by atoms with Gasteiger partial charge in [0, 0.05) is 18.7 Å². The minimum absolute atomic E-state index is 0.0833. The van der Waals surface area contributed by atoms with Crippen LogP contribution in [0.1, 0.15) is 27.2 Å². The number of ether oxygens (including phenoxy) is 1. The van der Waals surface area contributed by atoms with Gasteiger partial charge in [-0.1, -0.05) is 26.1 Å². The lowest BCUT2D eigenvalue weighted by Crippen LogP contribution is -2.38. The molecule has 0 fully saturated rings. The van der Waals surface area contributed by atoms with E-state index in [-0.39, 0.29) is 11.8 Å². The van der Waals surface area contributed by atoms with Crippen LogP contribution in [0.3, 0.4) is 0 Å². The number of thiocarbonyl (C=S) groups is 1. The summed E-state index contributed by atoms with van der Waals surface area (Å²) in [5, 5.41) is 3.11. The number of nitrogens with zero attached hydrogens (tertiary/aromatic N) is 1. The maximum absolute atomic E-state index is 11.0. The van der Waals surface area contributed by atoms with Crippen LogP contribution in [-0.2, 0) is 9.59 Å². The smallest absolute Gasteiger partial charge is 0.147 e. The summed E-state index contributed by atoms with van der Waals surface area (Å²) in [4.78, 5) is 23.0. The van der Waals surface area contributed by atoms with Gasteiger partial charge < -0.3 is 20.6 Å². The van der Waals surface area contributed by atoms with Gasteiger partial charge in [0.25, 0.3) is 0 Å². The van der Waals surface area contributed by atoms with Crippen molar-refractivity contribution in [1.29, 1.82) is 0 Å². The average Bonchev–Trinajstić information content (AvgIpc) is 2.56. The molecule has 0 aliphatic rings. The van der Waals surface area contributed by atoms with Crippen molar-refractivity contribution in [1.82, 2.24) is 4.90 Å². The standard InChI is InChI=1S/C10H13NO2.C8H17NO.CH3NS/c1-13-10-5-3-9(4-6-10)11-7-2-8-12;1-6(2)8(7(3)10)9(4)5;2-1-3/h3-6,8,11H,2,7H2,1H3;6,8H,1-5H3;1H,(H2,2,3). The number of hydrogen-bond donors (Lipinski definition) is 2. The molecule has 0 radical (unpaired) electrons. The van der Waals surface area contributed by atoms with Crippen molar-refractivity contribution in [2.45, 2.75) is 33.2 Å². The molecule has 0 aliphatic heterocycles. The summed E-state index contributed by atoms with van der Waals surface area (Å²) in [6.45, 7) is 6.44. The second kappa shape index (κ2) is 16.5. The van der Waals surface area contributed by atoms with Gasteiger partial charge in [-0.25, -0.2) is 0 Å². The summed E-state index contributed by atoms with van der Waals surface area (Å²) in [5.41, 5.74) is 6.62. The highest BCUT2D eigenvalue weighted by atomic mass is 32.1. The SMILES string of the molecule is CC(=O)C(C(C)C)N(C)C.COc1ccc(NCCC=O)cc1.NC=S. The Bertz CT molecular complexity index is 497. The zero-order chi connectivity index (χ0) is 20.5. The molecular formula is C19H33N3O3S. The predicted octanol–water partition coefficient (Wildman–Crippen LogP) is 2.76. The summed E-state index contributed by atoms with van der Waals surface area (Å²) in [7, 11) is 5.51. The van der Waals surface area contributed by atoms with Crippen LogP contribution in [0.2, 0.25) is 0 Å². The van der Waals surface area contributed by atoms with Crippen molar-refractivity contribution in [2.75, 3.05) is 33.1 Å². The van der Waals surface area contributed by atoms with Gasteiger partial charge in [-0.2, -0.15) is 0 Å². The van der Waals surface area contributed by atoms with Gasteiger partial charge in [0.15, 0.2) is 0 Å². The van der Waals surface area contributed by atoms with Gasteiger partial charge in [-0.15, -0.1) is 0 Å². The molecule has 0 saturated carbocycles. The van der Waals surface area contributed by atoms with Crippen molar-refractivity contribution in [3.05, 3.63) is 24.3 Å². The maximum Gasteiger partial charge on any atom is 0.147 e. The molecular weight excluding hydrogens is 350 g/mol. The van der Waals surface area contributed by atoms with Gasteiger partial charge in [0.1, 0.15) is 17.8 Å². The number of rotatable bonds is 8. The van der Waals surface area contributed by atoms with E-state index in [0.717, 1.165) is 23.2 Å². The first-order chi connectivity index (χ1) is 12.2. The number of ketones is 1. The molecule has 0 aromatic heterocycles. The van der Waals surface area contributed by atoms with E-state index >= 15 is 0 Å². The first-order valence-electron chi connectivity index (χ1n) is 8.38. The molecule has 1 unspecified atom stereocenters. The third kappa shape index (κ3) is 13.3. The number of methoxy groups -OCH3 is 1. The summed E-state index contributed by atoms with van der Waals surface area (Å²) in [6, 6.07) is 7.68. The lowest BCUT2D eigenvalue weighted by molar-refractivity contribution is -0.122. The normalized spacial score (nSPS) is 10.6. The lowest BCUT2D eigenvalue weighted by atomic mass is 10.0. The Balaban J connectivity index is 0. The number of carbonyl (C=O) groups excluding carboxylic acids is 2. The molecule has 0 heterocycles. The monoisotopic (exact) mass is 383 g/mol. The molecule has 1 aromatic rings. The highest BCUT2D eigenvalue weighted by Crippen LogP contribution is 2.14. The third-order valence-corrected chi connectivity index (χ3v) is 3.29. The van der Waals surface area contributed by atoms with E-state index in [1.54, 1.807) is 14.0 Å². The van der Waals surface area contributed by atoms with Crippen LogP contribution < -0.4 is 15.8 Å². The largest absolute Gasteiger partial charge is 0.497 e. The fraction of sp³-hybridized carbons (Fsp3) is 0.526. The van der Waals surface area contributed by atoms with Crippen molar-refractivity contribution in [3.8, 4) is 5.75 Å². The van der Waals surface area contributed by atoms with Crippen molar-refractivity contribution < 1.29 is 14.3 Å². The highest BCUT2D eigenvalue weighted by molar-refractivity contribution is 7.78. The quantitative estimate of drug-likeness (QED) is 0.406. The minimum Gasteiger partial charge on any atom is -0.497 e. The zero-order valence-corrected chi connectivity index (χ0v) is 17.5. The van der Waals surface area contributed by atoms with Gasteiger partial charge >= 0.3 is 0 Å². The highest BCUT2D eigenvalue weighted by Gasteiger charge is 2.19. The van der Waals surface area contributed by atoms with Crippen LogP contribution in [-0.4, -0.2) is 56.3 Å². The van der Waals surface area contributed by atoms with Crippen molar-refractivity contribution in [2.24, 2.45) is 11.7 Å². The second-order valence-corrected chi connectivity index (χ2v) is 6.28. The van der Waals surface area contributed by atoms with Gasteiger partial charge in [0.05, 0.1) is 18.6 Å². The number of carbonyl (C=O) groups is 2. The van der Waals surface area contributed by atoms with E-state index in [2.05, 4.69) is 37.1 Å². The molecule has 6 nitrogen and oxygen atoms in total. The van der Waals surface area contributed by atoms with E-state index in [1.807, 2.05) is 43.3 Å². The summed E-state index contributed by atoms with van der Waals surface area (Å²) in [6.07, 6.45) is 1.43. The lowest BCUT2D eigenvalue weighted by Gasteiger charge is -2.24. The number of hydrogen-bond acceptors (Lipinski definition) is 6. The van der Waals surface area contributed by atoms with E-state index in [9.17, 15) is 9.59 Å². The minimum atomic E-state index is 0.0833. The Morgan fingerprint density at radius 3 is 2.08 bits per heavy atom. The van der Waals surface area contributed by atoms with Crippen LogP contribution in [0.5, 0.6) is 5.75 Å². The van der Waals surface area contributed by atoms with E-state index in [1.165, 1.54) is 0 Å². The molecule has 0 bridgehead atoms. The Labute approximate surface area is 163 Å². The molecule has 7 heteroatoms. The van der Waals surface area contributed by atoms with Gasteiger partial charge in [0.2, 0.25) is 0 Å². The van der Waals surface area contributed by atoms with Crippen LogP contribution in [0.25, 0.3) is 0 Å². The molecule has 1 atom stereocenters. The number of nitrogens with two attached hydrogens (primary N) is 1.